The zero-order valence-corrected chi connectivity index (χ0v) is 25.8. The van der Waals surface area contributed by atoms with Crippen molar-refractivity contribution in [3.05, 3.63) is 59.8 Å². The van der Waals surface area contributed by atoms with Gasteiger partial charge < -0.3 is 14.1 Å². The van der Waals surface area contributed by atoms with Crippen LogP contribution in [0.4, 0.5) is 0 Å². The summed E-state index contributed by atoms with van der Waals surface area (Å²) in [7, 11) is -0.236. The number of hydrogen-bond donors (Lipinski definition) is 1. The third kappa shape index (κ3) is 4.94. The number of methoxy groups -OCH3 is 1. The number of H-pyrrole nitrogens is 1. The van der Waals surface area contributed by atoms with E-state index in [-0.39, 0.29) is 10.6 Å². The first-order valence-corrected chi connectivity index (χ1v) is 16.7. The first-order chi connectivity index (χ1) is 18.4. The van der Waals surface area contributed by atoms with Crippen molar-refractivity contribution < 1.29 is 9.16 Å². The van der Waals surface area contributed by atoms with Gasteiger partial charge in [-0.1, -0.05) is 44.5 Å². The lowest BCUT2D eigenvalue weighted by Crippen LogP contribution is -2.54. The van der Waals surface area contributed by atoms with E-state index in [4.69, 9.17) is 25.9 Å². The minimum atomic E-state index is -1.86. The van der Waals surface area contributed by atoms with Crippen LogP contribution in [0.1, 0.15) is 52.3 Å². The van der Waals surface area contributed by atoms with Crippen LogP contribution in [0.3, 0.4) is 0 Å². The van der Waals surface area contributed by atoms with Crippen molar-refractivity contribution in [2.24, 2.45) is 0 Å². The standard InChI is InChI=1S/C30H38ClN5O2Si/c1-19-22(18-35-36(19)20-15-30(5,16-20)38-39(7,8)29(2,3)4)27-25(28-32-13-10-14-33-28)23(17-34-27)21-11-9-12-24(37-6)26(21)31/h9-14,17-18,20,34H,15-16H2,1-8H3. The van der Waals surface area contributed by atoms with Crippen LogP contribution in [-0.2, 0) is 4.43 Å². The molecule has 4 aromatic rings. The highest BCUT2D eigenvalue weighted by atomic mass is 35.5. The first-order valence-electron chi connectivity index (χ1n) is 13.4. The van der Waals surface area contributed by atoms with Gasteiger partial charge in [-0.05, 0) is 57.0 Å². The van der Waals surface area contributed by atoms with E-state index in [0.717, 1.165) is 46.5 Å². The Labute approximate surface area is 237 Å². The van der Waals surface area contributed by atoms with Gasteiger partial charge in [0.1, 0.15) is 5.75 Å². The summed E-state index contributed by atoms with van der Waals surface area (Å²) in [6.45, 7) is 15.9. The van der Waals surface area contributed by atoms with E-state index in [1.807, 2.05) is 36.7 Å². The van der Waals surface area contributed by atoms with Crippen molar-refractivity contribution in [2.45, 2.75) is 77.2 Å². The van der Waals surface area contributed by atoms with Gasteiger partial charge >= 0.3 is 0 Å². The van der Waals surface area contributed by atoms with Crippen molar-refractivity contribution in [1.29, 1.82) is 0 Å². The van der Waals surface area contributed by atoms with Gasteiger partial charge in [-0.15, -0.1) is 0 Å². The molecule has 1 aliphatic rings. The Balaban J connectivity index is 1.50. The van der Waals surface area contributed by atoms with Crippen LogP contribution in [0.2, 0.25) is 23.2 Å². The number of benzene rings is 1. The molecule has 1 aromatic carbocycles. The Hall–Kier alpha value is -2.94. The zero-order valence-electron chi connectivity index (χ0n) is 24.1. The summed E-state index contributed by atoms with van der Waals surface area (Å²) >= 11 is 6.76. The first kappa shape index (κ1) is 27.6. The average molecular weight is 564 g/mol. The van der Waals surface area contributed by atoms with Crippen LogP contribution in [0.15, 0.2) is 49.1 Å². The van der Waals surface area contributed by atoms with E-state index in [1.165, 1.54) is 0 Å². The molecule has 5 rings (SSSR count). The molecule has 0 saturated heterocycles. The van der Waals surface area contributed by atoms with Gasteiger partial charge in [0.05, 0.1) is 41.2 Å². The molecule has 1 saturated carbocycles. The Morgan fingerprint density at radius 1 is 1.08 bits per heavy atom. The molecule has 206 valence electrons. The molecule has 39 heavy (non-hydrogen) atoms. The van der Waals surface area contributed by atoms with Gasteiger partial charge in [-0.25, -0.2) is 9.97 Å². The molecule has 0 unspecified atom stereocenters. The molecular formula is C30H38ClN5O2Si. The largest absolute Gasteiger partial charge is 0.495 e. The Morgan fingerprint density at radius 3 is 2.41 bits per heavy atom. The summed E-state index contributed by atoms with van der Waals surface area (Å²) in [6.07, 6.45) is 9.31. The van der Waals surface area contributed by atoms with E-state index in [1.54, 1.807) is 19.5 Å². The van der Waals surface area contributed by atoms with Crippen LogP contribution >= 0.6 is 11.6 Å². The van der Waals surface area contributed by atoms with Gasteiger partial charge in [-0.3, -0.25) is 4.68 Å². The fraction of sp³-hybridized carbons (Fsp3) is 0.433. The molecule has 0 amide bonds. The average Bonchev–Trinajstić information content (AvgIpc) is 3.45. The molecular weight excluding hydrogens is 526 g/mol. The zero-order chi connectivity index (χ0) is 28.2. The smallest absolute Gasteiger partial charge is 0.192 e. The van der Waals surface area contributed by atoms with Crippen LogP contribution in [0.5, 0.6) is 5.75 Å². The maximum atomic E-state index is 6.82. The predicted molar refractivity (Wildman–Crippen MR) is 160 cm³/mol. The second-order valence-corrected chi connectivity index (χ2v) is 17.4. The molecule has 0 aliphatic heterocycles. The molecule has 9 heteroatoms. The molecule has 7 nitrogen and oxygen atoms in total. The Morgan fingerprint density at radius 2 is 1.77 bits per heavy atom. The Kier molecular flexibility index (Phi) is 7.02. The van der Waals surface area contributed by atoms with Gasteiger partial charge in [0.2, 0.25) is 0 Å². The quantitative estimate of drug-likeness (QED) is 0.230. The lowest BCUT2D eigenvalue weighted by atomic mass is 9.77. The van der Waals surface area contributed by atoms with Crippen LogP contribution in [0.25, 0.3) is 33.8 Å². The number of hydrogen-bond acceptors (Lipinski definition) is 5. The molecule has 0 atom stereocenters. The Bertz CT molecular complexity index is 1480. The van der Waals surface area contributed by atoms with E-state index >= 15 is 0 Å². The van der Waals surface area contributed by atoms with E-state index in [0.29, 0.717) is 22.6 Å². The van der Waals surface area contributed by atoms with Gasteiger partial charge in [0, 0.05) is 41.0 Å². The maximum absolute atomic E-state index is 6.82. The monoisotopic (exact) mass is 563 g/mol. The number of nitrogens with one attached hydrogen (secondary N) is 1. The predicted octanol–water partition coefficient (Wildman–Crippen LogP) is 8.09. The SMILES string of the molecule is COc1cccc(-c2c[nH]c(-c3cnn(C4CC(C)(O[Si](C)(C)C(C)(C)C)C4)c3C)c2-c2ncccn2)c1Cl. The highest BCUT2D eigenvalue weighted by Crippen LogP contribution is 2.50. The lowest BCUT2D eigenvalue weighted by Gasteiger charge is -2.52. The summed E-state index contributed by atoms with van der Waals surface area (Å²) in [5, 5.41) is 5.58. The molecule has 0 spiro atoms. The molecule has 1 aliphatic carbocycles. The van der Waals surface area contributed by atoms with Gasteiger partial charge in [-0.2, -0.15) is 5.10 Å². The summed E-state index contributed by atoms with van der Waals surface area (Å²) in [6, 6.07) is 7.89. The van der Waals surface area contributed by atoms with Crippen LogP contribution in [0, 0.1) is 6.92 Å². The molecule has 3 aromatic heterocycles. The molecule has 1 fully saturated rings. The number of aromatic amines is 1. The minimum absolute atomic E-state index is 0.113. The van der Waals surface area contributed by atoms with Crippen molar-refractivity contribution >= 4 is 19.9 Å². The number of rotatable bonds is 7. The van der Waals surface area contributed by atoms with E-state index in [9.17, 15) is 0 Å². The number of halogens is 1. The van der Waals surface area contributed by atoms with Crippen molar-refractivity contribution in [2.75, 3.05) is 7.11 Å². The summed E-state index contributed by atoms with van der Waals surface area (Å²) in [5.74, 6) is 1.24. The normalized spacial score (nSPS) is 19.7. The van der Waals surface area contributed by atoms with Gasteiger partial charge in [0.15, 0.2) is 14.1 Å². The summed E-state index contributed by atoms with van der Waals surface area (Å²) in [5.41, 5.74) is 5.55. The second-order valence-electron chi connectivity index (χ2n) is 12.3. The van der Waals surface area contributed by atoms with Crippen LogP contribution < -0.4 is 4.74 Å². The minimum Gasteiger partial charge on any atom is -0.495 e. The van der Waals surface area contributed by atoms with Gasteiger partial charge in [0.25, 0.3) is 0 Å². The topological polar surface area (TPSA) is 77.8 Å². The highest BCUT2D eigenvalue weighted by Gasteiger charge is 2.49. The fourth-order valence-electron chi connectivity index (χ4n) is 5.38. The molecule has 0 bridgehead atoms. The van der Waals surface area contributed by atoms with E-state index in [2.05, 4.69) is 67.3 Å². The summed E-state index contributed by atoms with van der Waals surface area (Å²) < 4.78 is 14.5. The lowest BCUT2D eigenvalue weighted by molar-refractivity contribution is -0.0429. The third-order valence-electron chi connectivity index (χ3n) is 8.45. The third-order valence-corrected chi connectivity index (χ3v) is 13.5. The highest BCUT2D eigenvalue weighted by molar-refractivity contribution is 6.74. The van der Waals surface area contributed by atoms with Crippen LogP contribution in [-0.4, -0.2) is 45.8 Å². The van der Waals surface area contributed by atoms with Crippen molar-refractivity contribution in [3.8, 4) is 39.5 Å². The maximum Gasteiger partial charge on any atom is 0.192 e. The number of nitrogens with zero attached hydrogens (tertiary/aromatic N) is 4. The molecule has 0 radical (unpaired) electrons. The van der Waals surface area contributed by atoms with E-state index < -0.39 is 8.32 Å². The number of aromatic nitrogens is 5. The molecule has 1 N–H and O–H groups in total. The molecule has 3 heterocycles. The van der Waals surface area contributed by atoms with Crippen molar-refractivity contribution in [3.63, 3.8) is 0 Å². The fourth-order valence-corrected chi connectivity index (χ4v) is 7.39. The summed E-state index contributed by atoms with van der Waals surface area (Å²) in [4.78, 5) is 12.7. The number of ether oxygens (including phenoxy) is 1. The van der Waals surface area contributed by atoms with Crippen molar-refractivity contribution in [1.82, 2.24) is 24.7 Å². The second kappa shape index (κ2) is 9.91.